The van der Waals surface area contributed by atoms with Gasteiger partial charge in [-0.2, -0.15) is 5.26 Å². The minimum absolute atomic E-state index is 0.158. The van der Waals surface area contributed by atoms with E-state index in [0.717, 1.165) is 37.6 Å². The first kappa shape index (κ1) is 19.8. The second kappa shape index (κ2) is 8.89. The SMILES string of the molecule is COc1ccc(N2CCN(c3ccc(NC(=O)c4cccs4)cc3C#N)CC2)cc1. The summed E-state index contributed by atoms with van der Waals surface area (Å²) < 4.78 is 5.23. The molecule has 0 radical (unpaired) electrons. The molecule has 2 aromatic carbocycles. The quantitative estimate of drug-likeness (QED) is 0.672. The Hall–Kier alpha value is -3.50. The lowest BCUT2D eigenvalue weighted by Gasteiger charge is -2.37. The number of benzene rings is 2. The zero-order valence-corrected chi connectivity index (χ0v) is 17.5. The van der Waals surface area contributed by atoms with Crippen LogP contribution in [0.4, 0.5) is 17.1 Å². The Bertz CT molecular complexity index is 1050. The Balaban J connectivity index is 1.43. The van der Waals surface area contributed by atoms with Crippen LogP contribution in [-0.4, -0.2) is 39.2 Å². The van der Waals surface area contributed by atoms with Gasteiger partial charge in [0.2, 0.25) is 0 Å². The first-order valence-corrected chi connectivity index (χ1v) is 10.6. The Kier molecular flexibility index (Phi) is 5.87. The van der Waals surface area contributed by atoms with Gasteiger partial charge in [0, 0.05) is 37.6 Å². The normalized spacial score (nSPS) is 13.6. The van der Waals surface area contributed by atoms with Gasteiger partial charge in [-0.15, -0.1) is 11.3 Å². The number of nitriles is 1. The number of thiophene rings is 1. The van der Waals surface area contributed by atoms with Crippen molar-refractivity contribution in [3.05, 3.63) is 70.4 Å². The van der Waals surface area contributed by atoms with Crippen LogP contribution in [-0.2, 0) is 0 Å². The topological polar surface area (TPSA) is 68.6 Å². The van der Waals surface area contributed by atoms with Crippen LogP contribution in [0.5, 0.6) is 5.75 Å². The zero-order chi connectivity index (χ0) is 20.9. The summed E-state index contributed by atoms with van der Waals surface area (Å²) in [5.41, 5.74) is 3.27. The maximum Gasteiger partial charge on any atom is 0.265 e. The van der Waals surface area contributed by atoms with Gasteiger partial charge in [-0.05, 0) is 53.9 Å². The monoisotopic (exact) mass is 418 g/mol. The van der Waals surface area contributed by atoms with E-state index in [1.165, 1.54) is 17.0 Å². The van der Waals surface area contributed by atoms with E-state index in [4.69, 9.17) is 4.74 Å². The van der Waals surface area contributed by atoms with Crippen molar-refractivity contribution in [2.45, 2.75) is 0 Å². The van der Waals surface area contributed by atoms with Crippen LogP contribution in [0.15, 0.2) is 60.0 Å². The number of hydrogen-bond donors (Lipinski definition) is 1. The van der Waals surface area contributed by atoms with Crippen molar-refractivity contribution in [3.63, 3.8) is 0 Å². The van der Waals surface area contributed by atoms with Crippen LogP contribution < -0.4 is 19.9 Å². The highest BCUT2D eigenvalue weighted by Crippen LogP contribution is 2.27. The molecule has 7 heteroatoms. The highest BCUT2D eigenvalue weighted by atomic mass is 32.1. The minimum Gasteiger partial charge on any atom is -0.497 e. The van der Waals surface area contributed by atoms with Crippen LogP contribution in [0.3, 0.4) is 0 Å². The summed E-state index contributed by atoms with van der Waals surface area (Å²) in [6.45, 7) is 3.38. The third-order valence-corrected chi connectivity index (χ3v) is 6.05. The molecule has 0 unspecified atom stereocenters. The van der Waals surface area contributed by atoms with Crippen LogP contribution in [0.2, 0.25) is 0 Å². The van der Waals surface area contributed by atoms with Gasteiger partial charge in [-0.3, -0.25) is 4.79 Å². The number of rotatable bonds is 5. The maximum absolute atomic E-state index is 12.3. The Morgan fingerprint density at radius 1 is 1.07 bits per heavy atom. The molecule has 1 amide bonds. The molecule has 1 N–H and O–H groups in total. The number of nitrogens with zero attached hydrogens (tertiary/aromatic N) is 3. The summed E-state index contributed by atoms with van der Waals surface area (Å²) in [4.78, 5) is 17.5. The summed E-state index contributed by atoms with van der Waals surface area (Å²) in [6.07, 6.45) is 0. The lowest BCUT2D eigenvalue weighted by Crippen LogP contribution is -2.46. The lowest BCUT2D eigenvalue weighted by atomic mass is 10.1. The van der Waals surface area contributed by atoms with E-state index in [0.29, 0.717) is 16.1 Å². The van der Waals surface area contributed by atoms with Crippen LogP contribution in [0.1, 0.15) is 15.2 Å². The van der Waals surface area contributed by atoms with Gasteiger partial charge in [0.25, 0.3) is 5.91 Å². The smallest absolute Gasteiger partial charge is 0.265 e. The first-order chi connectivity index (χ1) is 14.7. The van der Waals surface area contributed by atoms with E-state index in [-0.39, 0.29) is 5.91 Å². The standard InChI is InChI=1S/C23H22N4O2S/c1-29-20-7-5-19(6-8-20)26-10-12-27(13-11-26)21-9-4-18(15-17(21)16-24)25-23(28)22-3-2-14-30-22/h2-9,14-15H,10-13H2,1H3,(H,25,28). The molecular weight excluding hydrogens is 396 g/mol. The maximum atomic E-state index is 12.3. The minimum atomic E-state index is -0.158. The van der Waals surface area contributed by atoms with Crippen molar-refractivity contribution in [1.82, 2.24) is 0 Å². The zero-order valence-electron chi connectivity index (χ0n) is 16.7. The second-order valence-corrected chi connectivity index (χ2v) is 7.89. The Labute approximate surface area is 179 Å². The fraction of sp³-hybridized carbons (Fsp3) is 0.217. The third kappa shape index (κ3) is 4.24. The van der Waals surface area contributed by atoms with Gasteiger partial charge in [0.15, 0.2) is 0 Å². The van der Waals surface area contributed by atoms with Gasteiger partial charge in [0.1, 0.15) is 11.8 Å². The summed E-state index contributed by atoms with van der Waals surface area (Å²) in [5, 5.41) is 14.4. The van der Waals surface area contributed by atoms with Crippen molar-refractivity contribution < 1.29 is 9.53 Å². The lowest BCUT2D eigenvalue weighted by molar-refractivity contribution is 0.103. The number of carbonyl (C=O) groups excluding carboxylic acids is 1. The van der Waals surface area contributed by atoms with Crippen molar-refractivity contribution >= 4 is 34.3 Å². The van der Waals surface area contributed by atoms with E-state index in [1.54, 1.807) is 19.2 Å². The van der Waals surface area contributed by atoms with Crippen LogP contribution >= 0.6 is 11.3 Å². The average Bonchev–Trinajstić information content (AvgIpc) is 3.34. The second-order valence-electron chi connectivity index (χ2n) is 6.95. The van der Waals surface area contributed by atoms with E-state index < -0.39 is 0 Å². The van der Waals surface area contributed by atoms with Crippen molar-refractivity contribution in [3.8, 4) is 11.8 Å². The molecule has 0 bridgehead atoms. The number of ether oxygens (including phenoxy) is 1. The molecule has 1 aromatic heterocycles. The van der Waals surface area contributed by atoms with Crippen LogP contribution in [0.25, 0.3) is 0 Å². The molecule has 2 heterocycles. The molecule has 0 spiro atoms. The molecule has 1 aliphatic heterocycles. The predicted molar refractivity (Wildman–Crippen MR) is 121 cm³/mol. The van der Waals surface area contributed by atoms with E-state index in [2.05, 4.69) is 33.3 Å². The molecule has 30 heavy (non-hydrogen) atoms. The number of anilines is 3. The molecule has 0 atom stereocenters. The molecule has 1 saturated heterocycles. The van der Waals surface area contributed by atoms with Gasteiger partial charge in [-0.25, -0.2) is 0 Å². The number of carbonyl (C=O) groups is 1. The van der Waals surface area contributed by atoms with Crippen molar-refractivity contribution in [1.29, 1.82) is 5.26 Å². The first-order valence-electron chi connectivity index (χ1n) is 9.71. The summed E-state index contributed by atoms with van der Waals surface area (Å²) in [5.74, 6) is 0.692. The molecule has 3 aromatic rings. The van der Waals surface area contributed by atoms with E-state index >= 15 is 0 Å². The highest BCUT2D eigenvalue weighted by molar-refractivity contribution is 7.12. The number of methoxy groups -OCH3 is 1. The Morgan fingerprint density at radius 3 is 2.43 bits per heavy atom. The molecule has 4 rings (SSSR count). The fourth-order valence-corrected chi connectivity index (χ4v) is 4.20. The highest BCUT2D eigenvalue weighted by Gasteiger charge is 2.20. The predicted octanol–water partition coefficient (Wildman–Crippen LogP) is 4.21. The number of piperazine rings is 1. The van der Waals surface area contributed by atoms with E-state index in [9.17, 15) is 10.1 Å². The van der Waals surface area contributed by atoms with Gasteiger partial charge in [0.05, 0.1) is 23.2 Å². The summed E-state index contributed by atoms with van der Waals surface area (Å²) in [6, 6.07) is 19.5. The van der Waals surface area contributed by atoms with Gasteiger partial charge in [-0.1, -0.05) is 6.07 Å². The fourth-order valence-electron chi connectivity index (χ4n) is 3.58. The molecule has 152 valence electrons. The molecular formula is C23H22N4O2S. The van der Waals surface area contributed by atoms with Gasteiger partial charge >= 0.3 is 0 Å². The molecule has 1 fully saturated rings. The number of nitrogens with one attached hydrogen (secondary N) is 1. The molecule has 6 nitrogen and oxygen atoms in total. The van der Waals surface area contributed by atoms with Crippen molar-refractivity contribution in [2.24, 2.45) is 0 Å². The van der Waals surface area contributed by atoms with Gasteiger partial charge < -0.3 is 19.9 Å². The largest absolute Gasteiger partial charge is 0.497 e. The number of amides is 1. The van der Waals surface area contributed by atoms with E-state index in [1.807, 2.05) is 35.7 Å². The van der Waals surface area contributed by atoms with Crippen LogP contribution in [0, 0.1) is 11.3 Å². The Morgan fingerprint density at radius 2 is 1.80 bits per heavy atom. The molecule has 0 aliphatic carbocycles. The number of hydrogen-bond acceptors (Lipinski definition) is 6. The molecule has 1 aliphatic rings. The summed E-state index contributed by atoms with van der Waals surface area (Å²) in [7, 11) is 1.67. The molecule has 0 saturated carbocycles. The average molecular weight is 419 g/mol. The third-order valence-electron chi connectivity index (χ3n) is 5.18. The van der Waals surface area contributed by atoms with Crippen molar-refractivity contribution in [2.75, 3.05) is 48.4 Å². The summed E-state index contributed by atoms with van der Waals surface area (Å²) >= 11 is 1.39.